The van der Waals surface area contributed by atoms with Crippen LogP contribution in [0.1, 0.15) is 15.9 Å². The van der Waals surface area contributed by atoms with E-state index in [1.807, 2.05) is 41.3 Å². The number of halogens is 1. The van der Waals surface area contributed by atoms with Crippen molar-refractivity contribution >= 4 is 28.5 Å². The molecule has 0 aliphatic carbocycles. The van der Waals surface area contributed by atoms with E-state index in [-0.39, 0.29) is 5.91 Å². The number of piperazine rings is 1. The Kier molecular flexibility index (Phi) is 4.47. The molecule has 0 unspecified atom stereocenters. The van der Waals surface area contributed by atoms with Gasteiger partial charge in [0, 0.05) is 48.7 Å². The first kappa shape index (κ1) is 16.2. The summed E-state index contributed by atoms with van der Waals surface area (Å²) in [6.07, 6.45) is 1.65. The molecule has 2 heterocycles. The number of furan rings is 1. The Hall–Kier alpha value is -2.30. The minimum Gasteiger partial charge on any atom is -0.464 e. The van der Waals surface area contributed by atoms with Crippen LogP contribution in [0.3, 0.4) is 0 Å². The first-order valence-corrected chi connectivity index (χ1v) is 8.80. The van der Waals surface area contributed by atoms with Gasteiger partial charge < -0.3 is 9.32 Å². The Bertz CT molecular complexity index is 880. The second-order valence-corrected chi connectivity index (χ2v) is 6.80. The summed E-state index contributed by atoms with van der Waals surface area (Å²) in [4.78, 5) is 17.0. The summed E-state index contributed by atoms with van der Waals surface area (Å²) in [5.41, 5.74) is 2.78. The van der Waals surface area contributed by atoms with Gasteiger partial charge in [0.05, 0.1) is 6.26 Å². The SMILES string of the molecule is O=C(c1ccc2occc2c1)N1CCN(Cc2ccc(Cl)cc2)CC1. The van der Waals surface area contributed by atoms with Gasteiger partial charge in [-0.25, -0.2) is 0 Å². The first-order valence-electron chi connectivity index (χ1n) is 8.42. The summed E-state index contributed by atoms with van der Waals surface area (Å²) in [5.74, 6) is 0.0919. The summed E-state index contributed by atoms with van der Waals surface area (Å²) >= 11 is 5.93. The third-order valence-electron chi connectivity index (χ3n) is 4.68. The van der Waals surface area contributed by atoms with Crippen molar-refractivity contribution in [1.29, 1.82) is 0 Å². The van der Waals surface area contributed by atoms with E-state index in [1.165, 1.54) is 5.56 Å². The Labute approximate surface area is 151 Å². The smallest absolute Gasteiger partial charge is 0.253 e. The van der Waals surface area contributed by atoms with Gasteiger partial charge in [0.15, 0.2) is 0 Å². The average molecular weight is 355 g/mol. The van der Waals surface area contributed by atoms with Crippen LogP contribution in [0.2, 0.25) is 5.02 Å². The van der Waals surface area contributed by atoms with Crippen molar-refractivity contribution in [3.8, 4) is 0 Å². The van der Waals surface area contributed by atoms with Gasteiger partial charge in [0.2, 0.25) is 0 Å². The second-order valence-electron chi connectivity index (χ2n) is 6.37. The molecule has 4 nitrogen and oxygen atoms in total. The van der Waals surface area contributed by atoms with Crippen molar-refractivity contribution in [1.82, 2.24) is 9.80 Å². The van der Waals surface area contributed by atoms with Crippen LogP contribution in [0, 0.1) is 0 Å². The number of nitrogens with zero attached hydrogens (tertiary/aromatic N) is 2. The molecule has 1 saturated heterocycles. The van der Waals surface area contributed by atoms with Gasteiger partial charge in [-0.1, -0.05) is 23.7 Å². The van der Waals surface area contributed by atoms with Gasteiger partial charge >= 0.3 is 0 Å². The van der Waals surface area contributed by atoms with Crippen molar-refractivity contribution < 1.29 is 9.21 Å². The summed E-state index contributed by atoms with van der Waals surface area (Å²) < 4.78 is 5.34. The fourth-order valence-corrected chi connectivity index (χ4v) is 3.37. The molecule has 0 bridgehead atoms. The molecule has 0 atom stereocenters. The third kappa shape index (κ3) is 3.55. The Morgan fingerprint density at radius 2 is 1.76 bits per heavy atom. The maximum Gasteiger partial charge on any atom is 0.253 e. The van der Waals surface area contributed by atoms with Gasteiger partial charge in [-0.05, 0) is 42.0 Å². The fraction of sp³-hybridized carbons (Fsp3) is 0.250. The molecule has 2 aromatic carbocycles. The molecule has 0 N–H and O–H groups in total. The second kappa shape index (κ2) is 6.90. The van der Waals surface area contributed by atoms with Gasteiger partial charge in [0.1, 0.15) is 5.58 Å². The predicted octanol–water partition coefficient (Wildman–Crippen LogP) is 4.04. The molecule has 1 fully saturated rings. The quantitative estimate of drug-likeness (QED) is 0.712. The maximum absolute atomic E-state index is 12.7. The van der Waals surface area contributed by atoms with E-state index in [0.29, 0.717) is 0 Å². The number of fused-ring (bicyclic) bond motifs is 1. The van der Waals surface area contributed by atoms with Gasteiger partial charge in [0.25, 0.3) is 5.91 Å². The number of amides is 1. The topological polar surface area (TPSA) is 36.7 Å². The van der Waals surface area contributed by atoms with Crippen LogP contribution in [0.4, 0.5) is 0 Å². The van der Waals surface area contributed by atoms with Crippen molar-refractivity contribution in [3.63, 3.8) is 0 Å². The summed E-state index contributed by atoms with van der Waals surface area (Å²) in [5, 5.41) is 1.72. The lowest BCUT2D eigenvalue weighted by Crippen LogP contribution is -2.48. The molecular weight excluding hydrogens is 336 g/mol. The summed E-state index contributed by atoms with van der Waals surface area (Å²) in [6.45, 7) is 4.14. The lowest BCUT2D eigenvalue weighted by molar-refractivity contribution is 0.0628. The molecule has 3 aromatic rings. The molecule has 25 heavy (non-hydrogen) atoms. The molecule has 128 valence electrons. The highest BCUT2D eigenvalue weighted by Crippen LogP contribution is 2.19. The highest BCUT2D eigenvalue weighted by Gasteiger charge is 2.22. The van der Waals surface area contributed by atoms with Crippen molar-refractivity contribution in [2.24, 2.45) is 0 Å². The van der Waals surface area contributed by atoms with Crippen LogP contribution in [0.15, 0.2) is 59.2 Å². The van der Waals surface area contributed by atoms with Crippen LogP contribution in [-0.2, 0) is 6.54 Å². The zero-order valence-corrected chi connectivity index (χ0v) is 14.6. The molecule has 1 amide bonds. The standard InChI is InChI=1S/C20H19ClN2O2/c21-18-4-1-15(2-5-18)14-22-8-10-23(11-9-22)20(24)17-3-6-19-16(13-17)7-12-25-19/h1-7,12-13H,8-11,14H2. The molecule has 1 aromatic heterocycles. The van der Waals surface area contributed by atoms with E-state index >= 15 is 0 Å². The number of hydrogen-bond acceptors (Lipinski definition) is 3. The number of carbonyl (C=O) groups excluding carboxylic acids is 1. The molecule has 1 aliphatic rings. The third-order valence-corrected chi connectivity index (χ3v) is 4.93. The molecule has 0 saturated carbocycles. The average Bonchev–Trinajstić information content (AvgIpc) is 3.11. The monoisotopic (exact) mass is 354 g/mol. The van der Waals surface area contributed by atoms with E-state index in [0.717, 1.165) is 54.3 Å². The van der Waals surface area contributed by atoms with E-state index in [4.69, 9.17) is 16.0 Å². The molecular formula is C20H19ClN2O2. The zero-order chi connectivity index (χ0) is 17.2. The van der Waals surface area contributed by atoms with Crippen molar-refractivity contribution in [2.45, 2.75) is 6.54 Å². The predicted molar refractivity (Wildman–Crippen MR) is 98.8 cm³/mol. The summed E-state index contributed by atoms with van der Waals surface area (Å²) in [7, 11) is 0. The van der Waals surface area contributed by atoms with Crippen LogP contribution in [0.5, 0.6) is 0 Å². The minimum absolute atomic E-state index is 0.0919. The number of hydrogen-bond donors (Lipinski definition) is 0. The highest BCUT2D eigenvalue weighted by atomic mass is 35.5. The van der Waals surface area contributed by atoms with Gasteiger partial charge in [-0.3, -0.25) is 9.69 Å². The molecule has 0 spiro atoms. The maximum atomic E-state index is 12.7. The van der Waals surface area contributed by atoms with Crippen molar-refractivity contribution in [2.75, 3.05) is 26.2 Å². The highest BCUT2D eigenvalue weighted by molar-refractivity contribution is 6.30. The van der Waals surface area contributed by atoms with Crippen LogP contribution in [0.25, 0.3) is 11.0 Å². The van der Waals surface area contributed by atoms with E-state index in [9.17, 15) is 4.79 Å². The normalized spacial score (nSPS) is 15.6. The summed E-state index contributed by atoms with van der Waals surface area (Å²) in [6, 6.07) is 15.4. The Morgan fingerprint density at radius 3 is 2.52 bits per heavy atom. The van der Waals surface area contributed by atoms with Crippen LogP contribution >= 0.6 is 11.6 Å². The van der Waals surface area contributed by atoms with E-state index in [2.05, 4.69) is 17.0 Å². The molecule has 1 aliphatic heterocycles. The lowest BCUT2D eigenvalue weighted by atomic mass is 10.1. The van der Waals surface area contributed by atoms with Gasteiger partial charge in [-0.15, -0.1) is 0 Å². The molecule has 5 heteroatoms. The number of carbonyl (C=O) groups is 1. The van der Waals surface area contributed by atoms with Gasteiger partial charge in [-0.2, -0.15) is 0 Å². The fourth-order valence-electron chi connectivity index (χ4n) is 3.24. The zero-order valence-electron chi connectivity index (χ0n) is 13.8. The largest absolute Gasteiger partial charge is 0.464 e. The number of rotatable bonds is 3. The first-order chi connectivity index (χ1) is 12.2. The molecule has 4 rings (SSSR count). The minimum atomic E-state index is 0.0919. The van der Waals surface area contributed by atoms with Crippen LogP contribution in [-0.4, -0.2) is 41.9 Å². The van der Waals surface area contributed by atoms with E-state index < -0.39 is 0 Å². The lowest BCUT2D eigenvalue weighted by Gasteiger charge is -2.34. The number of benzene rings is 2. The van der Waals surface area contributed by atoms with Crippen molar-refractivity contribution in [3.05, 3.63) is 70.9 Å². The Balaban J connectivity index is 1.37. The Morgan fingerprint density at radius 1 is 1.00 bits per heavy atom. The van der Waals surface area contributed by atoms with E-state index in [1.54, 1.807) is 6.26 Å². The molecule has 0 radical (unpaired) electrons. The van der Waals surface area contributed by atoms with Crippen LogP contribution < -0.4 is 0 Å².